The van der Waals surface area contributed by atoms with E-state index >= 15 is 0 Å². The molecule has 0 radical (unpaired) electrons. The van der Waals surface area contributed by atoms with Gasteiger partial charge in [0.05, 0.1) is 6.61 Å². The topological polar surface area (TPSA) is 20.2 Å². The van der Waals surface area contributed by atoms with Crippen molar-refractivity contribution in [2.45, 2.75) is 0 Å². The average Bonchev–Trinajstić information content (AvgIpc) is 2.25. The highest BCUT2D eigenvalue weighted by atomic mass is 16.2. The first-order valence-corrected chi connectivity index (χ1v) is 4.54. The van der Waals surface area contributed by atoms with E-state index < -0.39 is 0 Å². The summed E-state index contributed by atoms with van der Waals surface area (Å²) in [5.74, 6) is 0. The third kappa shape index (κ3) is 3.04. The predicted molar refractivity (Wildman–Crippen MR) is 61.8 cm³/mol. The number of aliphatic hydroxyl groups is 1. The number of hydrogen-bond donors (Lipinski definition) is 1. The fourth-order valence-corrected chi connectivity index (χ4v) is 1.15. The number of aliphatic hydroxyl groups excluding tert-OH is 1. The Labute approximate surface area is 84.7 Å². The van der Waals surface area contributed by atoms with Crippen molar-refractivity contribution < 1.29 is 5.11 Å². The van der Waals surface area contributed by atoms with Crippen LogP contribution in [0.1, 0.15) is 11.1 Å². The smallest absolute Gasteiger partial charge is 0.0615 e. The van der Waals surface area contributed by atoms with E-state index in [0.29, 0.717) is 0 Å². The molecule has 0 saturated heterocycles. The molecule has 1 heteroatoms. The number of allylic oxidation sites excluding steroid dienone is 2. The van der Waals surface area contributed by atoms with Crippen LogP contribution in [0.15, 0.2) is 49.1 Å². The van der Waals surface area contributed by atoms with Crippen molar-refractivity contribution >= 4 is 12.2 Å². The highest BCUT2D eigenvalue weighted by Crippen LogP contribution is 2.11. The molecule has 0 aromatic heterocycles. The molecule has 0 saturated carbocycles. The van der Waals surface area contributed by atoms with Gasteiger partial charge in [0.25, 0.3) is 0 Å². The molecule has 0 fully saturated rings. The van der Waals surface area contributed by atoms with Gasteiger partial charge >= 0.3 is 0 Å². The zero-order valence-electron chi connectivity index (χ0n) is 8.06. The van der Waals surface area contributed by atoms with Gasteiger partial charge in [-0.1, -0.05) is 61.2 Å². The first-order valence-electron chi connectivity index (χ1n) is 4.54. The van der Waals surface area contributed by atoms with Crippen molar-refractivity contribution in [1.29, 1.82) is 0 Å². The summed E-state index contributed by atoms with van der Waals surface area (Å²) in [5.41, 5.74) is 2.24. The molecule has 0 aliphatic carbocycles. The lowest BCUT2D eigenvalue weighted by Crippen LogP contribution is -1.77. The normalized spacial score (nSPS) is 11.2. The molecule has 0 bridgehead atoms. The van der Waals surface area contributed by atoms with Gasteiger partial charge in [-0.15, -0.1) is 0 Å². The summed E-state index contributed by atoms with van der Waals surface area (Å²) < 4.78 is 0. The number of rotatable bonds is 4. The van der Waals surface area contributed by atoms with Crippen LogP contribution in [0.3, 0.4) is 0 Å². The Morgan fingerprint density at radius 2 is 1.86 bits per heavy atom. The first kappa shape index (κ1) is 10.5. The van der Waals surface area contributed by atoms with Crippen LogP contribution in [0.25, 0.3) is 12.2 Å². The molecule has 1 rings (SSSR count). The molecule has 14 heavy (non-hydrogen) atoms. The molecule has 0 aliphatic heterocycles. The monoisotopic (exact) mass is 186 g/mol. The maximum atomic E-state index is 8.53. The van der Waals surface area contributed by atoms with Crippen molar-refractivity contribution in [1.82, 2.24) is 0 Å². The largest absolute Gasteiger partial charge is 0.392 e. The Bertz CT molecular complexity index is 348. The fraction of sp³-hybridized carbons (Fsp3) is 0.0769. The van der Waals surface area contributed by atoms with E-state index in [1.807, 2.05) is 48.6 Å². The summed E-state index contributed by atoms with van der Waals surface area (Å²) in [6.07, 6.45) is 9.23. The molecule has 72 valence electrons. The molecule has 0 heterocycles. The number of benzene rings is 1. The molecule has 0 spiro atoms. The molecule has 0 atom stereocenters. The summed E-state index contributed by atoms with van der Waals surface area (Å²) in [5, 5.41) is 8.53. The predicted octanol–water partition coefficient (Wildman–Crippen LogP) is 2.89. The van der Waals surface area contributed by atoms with Crippen molar-refractivity contribution in [2.75, 3.05) is 6.61 Å². The zero-order chi connectivity index (χ0) is 10.2. The standard InChI is InChI=1S/C13H14O/c1-2-12-8-5-6-10-13(12)9-4-3-7-11-14/h2-10,14H,1,11H2/b7-3+,9-4-. The van der Waals surface area contributed by atoms with E-state index in [1.54, 1.807) is 6.08 Å². The maximum absolute atomic E-state index is 8.53. The van der Waals surface area contributed by atoms with Crippen molar-refractivity contribution in [3.63, 3.8) is 0 Å². The summed E-state index contributed by atoms with van der Waals surface area (Å²) >= 11 is 0. The van der Waals surface area contributed by atoms with E-state index in [1.165, 1.54) is 0 Å². The summed E-state index contributed by atoms with van der Waals surface area (Å²) in [7, 11) is 0. The first-order chi connectivity index (χ1) is 6.88. The van der Waals surface area contributed by atoms with E-state index in [9.17, 15) is 0 Å². The van der Waals surface area contributed by atoms with Gasteiger partial charge in [-0.3, -0.25) is 0 Å². The second kappa shape index (κ2) is 5.95. The van der Waals surface area contributed by atoms with Crippen LogP contribution in [0.4, 0.5) is 0 Å². The summed E-state index contributed by atoms with van der Waals surface area (Å²) in [6, 6.07) is 8.02. The van der Waals surface area contributed by atoms with E-state index in [4.69, 9.17) is 5.11 Å². The van der Waals surface area contributed by atoms with E-state index in [0.717, 1.165) is 11.1 Å². The van der Waals surface area contributed by atoms with E-state index in [2.05, 4.69) is 6.58 Å². The lowest BCUT2D eigenvalue weighted by atomic mass is 10.1. The van der Waals surface area contributed by atoms with Gasteiger partial charge in [-0.25, -0.2) is 0 Å². The number of hydrogen-bond acceptors (Lipinski definition) is 1. The minimum atomic E-state index is 0.0768. The van der Waals surface area contributed by atoms with Gasteiger partial charge in [0, 0.05) is 0 Å². The van der Waals surface area contributed by atoms with Crippen molar-refractivity contribution in [2.24, 2.45) is 0 Å². The van der Waals surface area contributed by atoms with Crippen LogP contribution in [0.2, 0.25) is 0 Å². The van der Waals surface area contributed by atoms with Crippen LogP contribution in [-0.2, 0) is 0 Å². The van der Waals surface area contributed by atoms with Crippen LogP contribution in [-0.4, -0.2) is 11.7 Å². The van der Waals surface area contributed by atoms with Gasteiger partial charge < -0.3 is 5.11 Å². The van der Waals surface area contributed by atoms with Crippen LogP contribution in [0, 0.1) is 0 Å². The van der Waals surface area contributed by atoms with Crippen LogP contribution in [0.5, 0.6) is 0 Å². The average molecular weight is 186 g/mol. The molecule has 0 amide bonds. The van der Waals surface area contributed by atoms with Gasteiger partial charge in [-0.2, -0.15) is 0 Å². The van der Waals surface area contributed by atoms with Crippen molar-refractivity contribution in [3.05, 3.63) is 60.2 Å². The zero-order valence-corrected chi connectivity index (χ0v) is 8.06. The van der Waals surface area contributed by atoms with Crippen LogP contribution < -0.4 is 0 Å². The molecule has 1 aromatic rings. The third-order valence-electron chi connectivity index (χ3n) is 1.84. The van der Waals surface area contributed by atoms with Gasteiger partial charge in [0.1, 0.15) is 0 Å². The highest BCUT2D eigenvalue weighted by Gasteiger charge is 1.90. The molecule has 1 N–H and O–H groups in total. The van der Waals surface area contributed by atoms with E-state index in [-0.39, 0.29) is 6.61 Å². The molecular weight excluding hydrogens is 172 g/mol. The second-order valence-electron chi connectivity index (χ2n) is 2.80. The third-order valence-corrected chi connectivity index (χ3v) is 1.84. The lowest BCUT2D eigenvalue weighted by Gasteiger charge is -1.97. The molecule has 1 nitrogen and oxygen atoms in total. The SMILES string of the molecule is C=Cc1ccccc1/C=C\C=C\CO. The van der Waals surface area contributed by atoms with Crippen molar-refractivity contribution in [3.8, 4) is 0 Å². The summed E-state index contributed by atoms with van der Waals surface area (Å²) in [6.45, 7) is 3.82. The quantitative estimate of drug-likeness (QED) is 0.717. The van der Waals surface area contributed by atoms with Crippen LogP contribution >= 0.6 is 0 Å². The minimum absolute atomic E-state index is 0.0768. The molecule has 1 aromatic carbocycles. The molecule has 0 unspecified atom stereocenters. The van der Waals surface area contributed by atoms with Gasteiger partial charge in [0.2, 0.25) is 0 Å². The lowest BCUT2D eigenvalue weighted by molar-refractivity contribution is 0.343. The fourth-order valence-electron chi connectivity index (χ4n) is 1.15. The summed E-state index contributed by atoms with van der Waals surface area (Å²) in [4.78, 5) is 0. The molecule has 0 aliphatic rings. The minimum Gasteiger partial charge on any atom is -0.392 e. The second-order valence-corrected chi connectivity index (χ2v) is 2.80. The van der Waals surface area contributed by atoms with Gasteiger partial charge in [-0.05, 0) is 11.1 Å². The Morgan fingerprint density at radius 3 is 2.50 bits per heavy atom. The van der Waals surface area contributed by atoms with Gasteiger partial charge in [0.15, 0.2) is 0 Å². The Hall–Kier alpha value is -1.60. The Balaban J connectivity index is 2.80. The highest BCUT2D eigenvalue weighted by molar-refractivity contribution is 5.64. The molecular formula is C13H14O. The Morgan fingerprint density at radius 1 is 1.14 bits per heavy atom. The maximum Gasteiger partial charge on any atom is 0.0615 e. The Kier molecular flexibility index (Phi) is 4.45.